The number of amides is 1. The van der Waals surface area contributed by atoms with Crippen molar-refractivity contribution in [2.45, 2.75) is 4.90 Å². The van der Waals surface area contributed by atoms with Gasteiger partial charge in [0.15, 0.2) is 11.1 Å². The number of hydrogen-bond acceptors (Lipinski definition) is 3. The highest BCUT2D eigenvalue weighted by Gasteiger charge is 2.12. The van der Waals surface area contributed by atoms with Crippen LogP contribution in [0.1, 0.15) is 20.7 Å². The Balaban J connectivity index is 3.39. The van der Waals surface area contributed by atoms with E-state index in [2.05, 4.69) is 0 Å². The summed E-state index contributed by atoms with van der Waals surface area (Å²) >= 11 is -2.35. The van der Waals surface area contributed by atoms with Crippen molar-refractivity contribution in [1.29, 1.82) is 0 Å². The second-order valence-electron chi connectivity index (χ2n) is 2.66. The lowest BCUT2D eigenvalue weighted by molar-refractivity contribution is 0.0696. The Morgan fingerprint density at radius 1 is 1.20 bits per heavy atom. The highest BCUT2D eigenvalue weighted by Crippen LogP contribution is 2.13. The van der Waals surface area contributed by atoms with Gasteiger partial charge in [-0.1, -0.05) is 0 Å². The van der Waals surface area contributed by atoms with Crippen molar-refractivity contribution in [2.24, 2.45) is 5.73 Å². The monoisotopic (exact) mass is 229 g/mol. The van der Waals surface area contributed by atoms with Crippen LogP contribution in [0.4, 0.5) is 0 Å². The molecule has 0 saturated heterocycles. The normalized spacial score (nSPS) is 12.1. The maximum absolute atomic E-state index is 10.8. The molecular formula is C8H7NO5S. The summed E-state index contributed by atoms with van der Waals surface area (Å²) in [6.07, 6.45) is 0. The van der Waals surface area contributed by atoms with E-state index in [1.807, 2.05) is 0 Å². The summed E-state index contributed by atoms with van der Waals surface area (Å²) in [5.41, 5.74) is 4.56. The molecule has 1 amide bonds. The molecule has 0 spiro atoms. The molecule has 1 atom stereocenters. The molecule has 1 aromatic carbocycles. The number of carboxylic acids is 1. The van der Waals surface area contributed by atoms with E-state index in [1.165, 1.54) is 0 Å². The lowest BCUT2D eigenvalue weighted by Gasteiger charge is -2.01. The molecule has 0 fully saturated rings. The van der Waals surface area contributed by atoms with Gasteiger partial charge in [-0.05, 0) is 18.2 Å². The van der Waals surface area contributed by atoms with Gasteiger partial charge in [0.05, 0.1) is 10.5 Å². The van der Waals surface area contributed by atoms with Crippen molar-refractivity contribution >= 4 is 23.0 Å². The third-order valence-electron chi connectivity index (χ3n) is 1.64. The van der Waals surface area contributed by atoms with Crippen molar-refractivity contribution in [3.8, 4) is 0 Å². The van der Waals surface area contributed by atoms with Gasteiger partial charge in [-0.2, -0.15) is 0 Å². The minimum Gasteiger partial charge on any atom is -0.478 e. The lowest BCUT2D eigenvalue weighted by Crippen LogP contribution is -2.13. The van der Waals surface area contributed by atoms with Gasteiger partial charge in [0.2, 0.25) is 5.91 Å². The van der Waals surface area contributed by atoms with E-state index in [0.717, 1.165) is 18.2 Å². The average molecular weight is 229 g/mol. The zero-order chi connectivity index (χ0) is 11.6. The number of carbonyl (C=O) groups excluding carboxylic acids is 1. The van der Waals surface area contributed by atoms with Gasteiger partial charge < -0.3 is 15.4 Å². The molecule has 80 valence electrons. The highest BCUT2D eigenvalue weighted by molar-refractivity contribution is 7.79. The molecule has 0 saturated carbocycles. The van der Waals surface area contributed by atoms with Crippen LogP contribution in [0, 0.1) is 0 Å². The van der Waals surface area contributed by atoms with E-state index in [-0.39, 0.29) is 16.0 Å². The predicted octanol–water partition coefficient (Wildman–Crippen LogP) is 0.0643. The van der Waals surface area contributed by atoms with E-state index < -0.39 is 23.0 Å². The Morgan fingerprint density at radius 3 is 2.13 bits per heavy atom. The summed E-state index contributed by atoms with van der Waals surface area (Å²) in [5, 5.41) is 8.66. The number of primary amides is 1. The van der Waals surface area contributed by atoms with E-state index in [9.17, 15) is 13.8 Å². The van der Waals surface area contributed by atoms with Crippen LogP contribution >= 0.6 is 0 Å². The molecule has 6 nitrogen and oxygen atoms in total. The first-order valence-electron chi connectivity index (χ1n) is 3.71. The highest BCUT2D eigenvalue weighted by atomic mass is 32.2. The number of carbonyl (C=O) groups is 2. The topological polar surface area (TPSA) is 118 Å². The molecule has 0 radical (unpaired) electrons. The molecule has 0 bridgehead atoms. The second-order valence-corrected chi connectivity index (χ2v) is 3.63. The van der Waals surface area contributed by atoms with Crippen molar-refractivity contribution in [1.82, 2.24) is 0 Å². The van der Waals surface area contributed by atoms with Gasteiger partial charge >= 0.3 is 5.97 Å². The van der Waals surface area contributed by atoms with E-state index in [4.69, 9.17) is 15.4 Å². The van der Waals surface area contributed by atoms with Crippen LogP contribution in [0.25, 0.3) is 0 Å². The maximum atomic E-state index is 10.8. The molecular weight excluding hydrogens is 222 g/mol. The van der Waals surface area contributed by atoms with Crippen LogP contribution in [0.2, 0.25) is 0 Å². The quantitative estimate of drug-likeness (QED) is 0.633. The van der Waals surface area contributed by atoms with Gasteiger partial charge in [0.1, 0.15) is 0 Å². The second kappa shape index (κ2) is 4.20. The van der Waals surface area contributed by atoms with E-state index >= 15 is 0 Å². The summed E-state index contributed by atoms with van der Waals surface area (Å²) in [7, 11) is 0. The fraction of sp³-hybridized carbons (Fsp3) is 0. The van der Waals surface area contributed by atoms with Crippen molar-refractivity contribution in [3.63, 3.8) is 0 Å². The first kappa shape index (κ1) is 11.3. The molecule has 7 heteroatoms. The van der Waals surface area contributed by atoms with Crippen LogP contribution in [-0.4, -0.2) is 25.7 Å². The van der Waals surface area contributed by atoms with Gasteiger partial charge in [0, 0.05) is 5.56 Å². The molecule has 0 aliphatic rings. The number of aromatic carboxylic acids is 1. The SMILES string of the molecule is NC(=O)c1cc(C(=O)O)cc(S(=O)O)c1. The summed E-state index contributed by atoms with van der Waals surface area (Å²) < 4.78 is 19.5. The van der Waals surface area contributed by atoms with E-state index in [0.29, 0.717) is 0 Å². The summed E-state index contributed by atoms with van der Waals surface area (Å²) in [6.45, 7) is 0. The van der Waals surface area contributed by atoms with Crippen molar-refractivity contribution in [3.05, 3.63) is 29.3 Å². The summed E-state index contributed by atoms with van der Waals surface area (Å²) in [4.78, 5) is 21.2. The van der Waals surface area contributed by atoms with Gasteiger partial charge in [-0.15, -0.1) is 0 Å². The predicted molar refractivity (Wildman–Crippen MR) is 51.0 cm³/mol. The third-order valence-corrected chi connectivity index (χ3v) is 2.28. The third kappa shape index (κ3) is 2.61. The Kier molecular flexibility index (Phi) is 3.17. The van der Waals surface area contributed by atoms with Crippen LogP contribution in [0.15, 0.2) is 23.1 Å². The summed E-state index contributed by atoms with van der Waals surface area (Å²) in [5.74, 6) is -2.16. The zero-order valence-corrected chi connectivity index (χ0v) is 8.15. The first-order valence-corrected chi connectivity index (χ1v) is 4.81. The van der Waals surface area contributed by atoms with Crippen molar-refractivity contribution < 1.29 is 23.5 Å². The Bertz CT molecular complexity index is 377. The summed E-state index contributed by atoms with van der Waals surface area (Å²) in [6, 6.07) is 3.12. The van der Waals surface area contributed by atoms with Crippen LogP contribution in [-0.2, 0) is 11.1 Å². The number of carboxylic acid groups (broad SMARTS) is 1. The molecule has 0 heterocycles. The van der Waals surface area contributed by atoms with Crippen LogP contribution in [0.3, 0.4) is 0 Å². The minimum absolute atomic E-state index is 0.118. The fourth-order valence-electron chi connectivity index (χ4n) is 0.966. The number of benzene rings is 1. The number of hydrogen-bond donors (Lipinski definition) is 3. The van der Waals surface area contributed by atoms with Crippen LogP contribution in [0.5, 0.6) is 0 Å². The Hall–Kier alpha value is -1.73. The number of rotatable bonds is 3. The van der Waals surface area contributed by atoms with Crippen LogP contribution < -0.4 is 5.73 Å². The molecule has 0 aromatic heterocycles. The molecule has 0 aliphatic carbocycles. The number of nitrogens with two attached hydrogens (primary N) is 1. The molecule has 1 rings (SSSR count). The minimum atomic E-state index is -2.35. The van der Waals surface area contributed by atoms with Crippen molar-refractivity contribution in [2.75, 3.05) is 0 Å². The van der Waals surface area contributed by atoms with Gasteiger partial charge in [0.25, 0.3) is 0 Å². The lowest BCUT2D eigenvalue weighted by atomic mass is 10.1. The Morgan fingerprint density at radius 2 is 1.73 bits per heavy atom. The standard InChI is InChI=1S/C8H7NO5S/c9-7(10)4-1-5(8(11)12)3-6(2-4)15(13)14/h1-3H,(H2,9,10)(H,11,12)(H,13,14). The van der Waals surface area contributed by atoms with E-state index in [1.54, 1.807) is 0 Å². The maximum Gasteiger partial charge on any atom is 0.335 e. The molecule has 0 aliphatic heterocycles. The molecule has 15 heavy (non-hydrogen) atoms. The molecule has 1 unspecified atom stereocenters. The molecule has 1 aromatic rings. The zero-order valence-electron chi connectivity index (χ0n) is 7.34. The van der Waals surface area contributed by atoms with Gasteiger partial charge in [-0.25, -0.2) is 9.00 Å². The smallest absolute Gasteiger partial charge is 0.335 e. The Labute approximate surface area is 87.0 Å². The molecule has 4 N–H and O–H groups in total. The van der Waals surface area contributed by atoms with Gasteiger partial charge in [-0.3, -0.25) is 4.79 Å². The average Bonchev–Trinajstić information content (AvgIpc) is 2.16. The first-order chi connectivity index (χ1) is 6.91. The largest absolute Gasteiger partial charge is 0.478 e. The fourth-order valence-corrected chi connectivity index (χ4v) is 1.42.